The van der Waals surface area contributed by atoms with Gasteiger partial charge in [-0.1, -0.05) is 67.6 Å². The maximum Gasteiger partial charge on any atom is 0.184 e. The third kappa shape index (κ3) is 4.19. The van der Waals surface area contributed by atoms with Crippen molar-refractivity contribution in [2.75, 3.05) is 6.54 Å². The summed E-state index contributed by atoms with van der Waals surface area (Å²) >= 11 is 0. The Kier molecular flexibility index (Phi) is 6.99. The molecular formula is C17H20ClNO. The Morgan fingerprint density at radius 1 is 1.00 bits per heavy atom. The van der Waals surface area contributed by atoms with E-state index in [1.807, 2.05) is 60.7 Å². The number of hydrogen-bond acceptors (Lipinski definition) is 2. The number of ketones is 1. The van der Waals surface area contributed by atoms with Crippen molar-refractivity contribution in [3.05, 3.63) is 71.8 Å². The van der Waals surface area contributed by atoms with Gasteiger partial charge in [0.15, 0.2) is 5.78 Å². The van der Waals surface area contributed by atoms with E-state index in [2.05, 4.69) is 12.2 Å². The quantitative estimate of drug-likeness (QED) is 0.814. The summed E-state index contributed by atoms with van der Waals surface area (Å²) in [6, 6.07) is 19.1. The van der Waals surface area contributed by atoms with Crippen LogP contribution in [0.4, 0.5) is 0 Å². The molecule has 2 aromatic rings. The fraction of sp³-hybridized carbons (Fsp3) is 0.235. The summed E-state index contributed by atoms with van der Waals surface area (Å²) in [6.45, 7) is 2.93. The van der Waals surface area contributed by atoms with Gasteiger partial charge in [0.1, 0.15) is 0 Å². The fourth-order valence-electron chi connectivity index (χ4n) is 2.07. The highest BCUT2D eigenvalue weighted by molar-refractivity contribution is 6.00. The molecular weight excluding hydrogens is 270 g/mol. The summed E-state index contributed by atoms with van der Waals surface area (Å²) in [4.78, 5) is 12.6. The molecule has 0 aliphatic rings. The second kappa shape index (κ2) is 8.51. The number of benzene rings is 2. The van der Waals surface area contributed by atoms with Gasteiger partial charge in [-0.2, -0.15) is 0 Å². The largest absolute Gasteiger partial charge is 0.304 e. The van der Waals surface area contributed by atoms with E-state index in [1.54, 1.807) is 0 Å². The van der Waals surface area contributed by atoms with E-state index in [1.165, 1.54) is 0 Å². The molecule has 1 atom stereocenters. The van der Waals surface area contributed by atoms with Crippen LogP contribution in [0.15, 0.2) is 60.7 Å². The Hall–Kier alpha value is -1.64. The molecule has 2 rings (SSSR count). The smallest absolute Gasteiger partial charge is 0.184 e. The summed E-state index contributed by atoms with van der Waals surface area (Å²) in [5.74, 6) is 0.125. The second-order valence-corrected chi connectivity index (χ2v) is 4.53. The Labute approximate surface area is 126 Å². The molecule has 0 aliphatic carbocycles. The van der Waals surface area contributed by atoms with Crippen LogP contribution in [0.1, 0.15) is 35.3 Å². The van der Waals surface area contributed by atoms with E-state index in [0.717, 1.165) is 24.1 Å². The minimum Gasteiger partial charge on any atom is -0.304 e. The average Bonchev–Trinajstić information content (AvgIpc) is 2.49. The van der Waals surface area contributed by atoms with Crippen LogP contribution in [0.2, 0.25) is 0 Å². The van der Waals surface area contributed by atoms with Crippen LogP contribution in [0.3, 0.4) is 0 Å². The lowest BCUT2D eigenvalue weighted by Crippen LogP contribution is -2.29. The van der Waals surface area contributed by atoms with E-state index >= 15 is 0 Å². The van der Waals surface area contributed by atoms with E-state index < -0.39 is 0 Å². The molecule has 106 valence electrons. The first-order chi connectivity index (χ1) is 9.33. The Balaban J connectivity index is 0.00000200. The maximum atomic E-state index is 12.6. The summed E-state index contributed by atoms with van der Waals surface area (Å²) < 4.78 is 0. The number of hydrogen-bond donors (Lipinski definition) is 1. The molecule has 2 nitrogen and oxygen atoms in total. The Morgan fingerprint density at radius 3 is 2.10 bits per heavy atom. The molecule has 3 heteroatoms. The van der Waals surface area contributed by atoms with Crippen LogP contribution < -0.4 is 5.32 Å². The molecule has 0 aromatic heterocycles. The van der Waals surface area contributed by atoms with Crippen molar-refractivity contribution < 1.29 is 4.79 Å². The number of halogens is 1. The molecule has 0 fully saturated rings. The van der Waals surface area contributed by atoms with Crippen molar-refractivity contribution in [3.63, 3.8) is 0 Å². The maximum absolute atomic E-state index is 12.6. The van der Waals surface area contributed by atoms with Gasteiger partial charge >= 0.3 is 0 Å². The molecule has 0 saturated heterocycles. The van der Waals surface area contributed by atoms with Gasteiger partial charge in [0, 0.05) is 5.56 Å². The van der Waals surface area contributed by atoms with Crippen LogP contribution in [0.5, 0.6) is 0 Å². The van der Waals surface area contributed by atoms with Crippen LogP contribution >= 0.6 is 12.4 Å². The van der Waals surface area contributed by atoms with Crippen molar-refractivity contribution in [2.45, 2.75) is 19.4 Å². The van der Waals surface area contributed by atoms with Crippen molar-refractivity contribution in [2.24, 2.45) is 0 Å². The van der Waals surface area contributed by atoms with Crippen molar-refractivity contribution in [1.82, 2.24) is 5.32 Å². The van der Waals surface area contributed by atoms with Crippen molar-refractivity contribution in [1.29, 1.82) is 0 Å². The molecule has 0 heterocycles. The van der Waals surface area contributed by atoms with Crippen LogP contribution in [0.25, 0.3) is 0 Å². The normalized spacial score (nSPS) is 11.4. The molecule has 0 aliphatic heterocycles. The lowest BCUT2D eigenvalue weighted by Gasteiger charge is -2.17. The zero-order chi connectivity index (χ0) is 13.5. The van der Waals surface area contributed by atoms with Gasteiger partial charge < -0.3 is 5.32 Å². The zero-order valence-electron chi connectivity index (χ0n) is 11.6. The lowest BCUT2D eigenvalue weighted by molar-refractivity contribution is 0.0943. The third-order valence-electron chi connectivity index (χ3n) is 3.05. The van der Waals surface area contributed by atoms with Gasteiger partial charge in [0.25, 0.3) is 0 Å². The molecule has 0 amide bonds. The number of carbonyl (C=O) groups excluding carboxylic acids is 1. The van der Waals surface area contributed by atoms with E-state index in [9.17, 15) is 4.79 Å². The predicted octanol–water partition coefficient (Wildman–Crippen LogP) is 4.03. The summed E-state index contributed by atoms with van der Waals surface area (Å²) in [7, 11) is 0. The van der Waals surface area contributed by atoms with E-state index in [0.29, 0.717) is 0 Å². The van der Waals surface area contributed by atoms with E-state index in [-0.39, 0.29) is 24.2 Å². The van der Waals surface area contributed by atoms with Crippen LogP contribution in [0, 0.1) is 0 Å². The fourth-order valence-corrected chi connectivity index (χ4v) is 2.07. The molecule has 0 spiro atoms. The molecule has 0 radical (unpaired) electrons. The van der Waals surface area contributed by atoms with Crippen molar-refractivity contribution >= 4 is 18.2 Å². The first-order valence-electron chi connectivity index (χ1n) is 6.70. The zero-order valence-corrected chi connectivity index (χ0v) is 12.4. The molecule has 0 bridgehead atoms. The predicted molar refractivity (Wildman–Crippen MR) is 85.5 cm³/mol. The molecule has 1 N–H and O–H groups in total. The van der Waals surface area contributed by atoms with Gasteiger partial charge in [0.05, 0.1) is 6.04 Å². The third-order valence-corrected chi connectivity index (χ3v) is 3.05. The van der Waals surface area contributed by atoms with Crippen LogP contribution in [-0.2, 0) is 0 Å². The highest BCUT2D eigenvalue weighted by atomic mass is 35.5. The molecule has 1 unspecified atom stereocenters. The average molecular weight is 290 g/mol. The highest BCUT2D eigenvalue weighted by Gasteiger charge is 2.20. The number of Topliss-reactive ketones (excluding diaryl/α,β-unsaturated/α-hetero) is 1. The number of nitrogens with one attached hydrogen (secondary N) is 1. The van der Waals surface area contributed by atoms with Gasteiger partial charge in [-0.15, -0.1) is 12.4 Å². The van der Waals surface area contributed by atoms with Crippen molar-refractivity contribution in [3.8, 4) is 0 Å². The number of carbonyl (C=O) groups is 1. The second-order valence-electron chi connectivity index (χ2n) is 4.53. The highest BCUT2D eigenvalue weighted by Crippen LogP contribution is 2.18. The molecule has 0 saturated carbocycles. The first-order valence-corrected chi connectivity index (χ1v) is 6.70. The monoisotopic (exact) mass is 289 g/mol. The van der Waals surface area contributed by atoms with Gasteiger partial charge in [-0.25, -0.2) is 0 Å². The van der Waals surface area contributed by atoms with Gasteiger partial charge in [-0.3, -0.25) is 4.79 Å². The Bertz CT molecular complexity index is 513. The number of rotatable bonds is 6. The van der Waals surface area contributed by atoms with Crippen LogP contribution in [-0.4, -0.2) is 12.3 Å². The standard InChI is InChI=1S/C17H19NO.ClH/c1-2-13-18-16(14-9-5-3-6-10-14)17(19)15-11-7-4-8-12-15;/h3-12,16,18H,2,13H2,1H3;1H. The molecule has 20 heavy (non-hydrogen) atoms. The minimum atomic E-state index is -0.261. The lowest BCUT2D eigenvalue weighted by atomic mass is 9.97. The van der Waals surface area contributed by atoms with Gasteiger partial charge in [-0.05, 0) is 18.5 Å². The minimum absolute atomic E-state index is 0. The van der Waals surface area contributed by atoms with Gasteiger partial charge in [0.2, 0.25) is 0 Å². The topological polar surface area (TPSA) is 29.1 Å². The van der Waals surface area contributed by atoms with E-state index in [4.69, 9.17) is 0 Å². The SMILES string of the molecule is CCCNC(C(=O)c1ccccc1)c1ccccc1.Cl. The summed E-state index contributed by atoms with van der Waals surface area (Å²) in [6.07, 6.45) is 1.01. The molecule has 2 aromatic carbocycles. The first kappa shape index (κ1) is 16.4. The Morgan fingerprint density at radius 2 is 1.55 bits per heavy atom. The summed E-state index contributed by atoms with van der Waals surface area (Å²) in [5, 5.41) is 3.33. The summed E-state index contributed by atoms with van der Waals surface area (Å²) in [5.41, 5.74) is 1.77.